The molecule has 0 atom stereocenters. The van der Waals surface area contributed by atoms with Gasteiger partial charge in [0.2, 0.25) is 5.91 Å². The SMILES string of the molecule is CC(C)(C)c1ccc(O)c(C2(c3cc(C(C)(C)C)ccc3O)C(=O)N(CCI)c3ccccc32)c1. The van der Waals surface area contributed by atoms with Gasteiger partial charge in [-0.3, -0.25) is 4.79 Å². The molecule has 0 spiro atoms. The fraction of sp³-hybridized carbons (Fsp3) is 0.367. The lowest BCUT2D eigenvalue weighted by atomic mass is 9.67. The fourth-order valence-electron chi connectivity index (χ4n) is 5.03. The Labute approximate surface area is 222 Å². The number of nitrogens with zero attached hydrogens (tertiary/aromatic N) is 1. The van der Waals surface area contributed by atoms with Gasteiger partial charge in [-0.15, -0.1) is 0 Å². The Balaban J connectivity index is 2.19. The van der Waals surface area contributed by atoms with Gasteiger partial charge in [0.05, 0.1) is 0 Å². The van der Waals surface area contributed by atoms with Crippen molar-refractivity contribution in [1.29, 1.82) is 0 Å². The van der Waals surface area contributed by atoms with Crippen molar-refractivity contribution in [3.63, 3.8) is 0 Å². The minimum Gasteiger partial charge on any atom is -0.508 e. The molecule has 1 aliphatic heterocycles. The lowest BCUT2D eigenvalue weighted by Crippen LogP contribution is -2.43. The zero-order chi connectivity index (χ0) is 25.8. The zero-order valence-electron chi connectivity index (χ0n) is 21.3. The third kappa shape index (κ3) is 4.11. The first-order chi connectivity index (χ1) is 16.3. The van der Waals surface area contributed by atoms with Crippen LogP contribution in [0.5, 0.6) is 11.5 Å². The summed E-state index contributed by atoms with van der Waals surface area (Å²) in [6.45, 7) is 13.2. The van der Waals surface area contributed by atoms with Gasteiger partial charge in [0.25, 0.3) is 0 Å². The van der Waals surface area contributed by atoms with E-state index in [0.29, 0.717) is 17.7 Å². The highest BCUT2D eigenvalue weighted by molar-refractivity contribution is 14.1. The van der Waals surface area contributed by atoms with E-state index in [1.54, 1.807) is 17.0 Å². The standard InChI is InChI=1S/C30H34INO3/c1-28(2,3)19-11-13-25(33)22(17-19)30(23-18-20(29(4,5)6)12-14-26(23)34)21-9-7-8-10-24(21)32(16-15-31)27(30)35/h7-14,17-18,33-34H,15-16H2,1-6H3. The maximum Gasteiger partial charge on any atom is 0.247 e. The molecule has 2 N–H and O–H groups in total. The number of alkyl halides is 1. The fourth-order valence-corrected chi connectivity index (χ4v) is 5.51. The van der Waals surface area contributed by atoms with Gasteiger partial charge in [0.15, 0.2) is 0 Å². The summed E-state index contributed by atoms with van der Waals surface area (Å²) >= 11 is 2.28. The molecule has 0 aliphatic carbocycles. The van der Waals surface area contributed by atoms with Crippen LogP contribution >= 0.6 is 22.6 Å². The first kappa shape index (κ1) is 25.5. The highest BCUT2D eigenvalue weighted by Crippen LogP contribution is 2.55. The first-order valence-corrected chi connectivity index (χ1v) is 13.5. The molecule has 1 amide bonds. The van der Waals surface area contributed by atoms with Gasteiger partial charge in [-0.05, 0) is 52.3 Å². The molecule has 3 aromatic carbocycles. The van der Waals surface area contributed by atoms with Crippen LogP contribution in [0.4, 0.5) is 5.69 Å². The van der Waals surface area contributed by atoms with E-state index in [4.69, 9.17) is 0 Å². The Morgan fingerprint density at radius 2 is 1.26 bits per heavy atom. The molecule has 4 nitrogen and oxygen atoms in total. The number of anilines is 1. The number of para-hydroxylation sites is 1. The van der Waals surface area contributed by atoms with E-state index in [1.165, 1.54) is 0 Å². The number of carbonyl (C=O) groups excluding carboxylic acids is 1. The average Bonchev–Trinajstić information content (AvgIpc) is 3.02. The number of halogens is 1. The van der Waals surface area contributed by atoms with Crippen LogP contribution in [0.15, 0.2) is 60.7 Å². The van der Waals surface area contributed by atoms with Crippen molar-refractivity contribution >= 4 is 34.2 Å². The molecule has 184 valence electrons. The third-order valence-electron chi connectivity index (χ3n) is 7.01. The molecule has 3 aromatic rings. The normalized spacial score (nSPS) is 15.4. The lowest BCUT2D eigenvalue weighted by molar-refractivity contribution is -0.120. The number of hydrogen-bond donors (Lipinski definition) is 2. The minimum absolute atomic E-state index is 0.0399. The second-order valence-corrected chi connectivity index (χ2v) is 12.5. The molecule has 4 rings (SSSR count). The van der Waals surface area contributed by atoms with E-state index < -0.39 is 5.41 Å². The zero-order valence-corrected chi connectivity index (χ0v) is 23.5. The van der Waals surface area contributed by atoms with Gasteiger partial charge in [-0.1, -0.05) is 94.5 Å². The Hall–Kier alpha value is -2.54. The number of phenols is 2. The molecule has 1 aliphatic rings. The molecule has 5 heteroatoms. The van der Waals surface area contributed by atoms with Crippen molar-refractivity contribution in [2.75, 3.05) is 15.9 Å². The Bertz CT molecular complexity index is 1220. The Morgan fingerprint density at radius 1 is 0.771 bits per heavy atom. The van der Waals surface area contributed by atoms with Gasteiger partial charge >= 0.3 is 0 Å². The summed E-state index contributed by atoms with van der Waals surface area (Å²) in [6, 6.07) is 18.8. The van der Waals surface area contributed by atoms with Crippen molar-refractivity contribution < 1.29 is 15.0 Å². The number of benzene rings is 3. The van der Waals surface area contributed by atoms with E-state index in [2.05, 4.69) is 64.1 Å². The highest BCUT2D eigenvalue weighted by Gasteiger charge is 2.55. The van der Waals surface area contributed by atoms with Crippen LogP contribution in [0.2, 0.25) is 0 Å². The molecule has 0 aromatic heterocycles. The van der Waals surface area contributed by atoms with Crippen molar-refractivity contribution in [1.82, 2.24) is 0 Å². The van der Waals surface area contributed by atoms with Crippen LogP contribution in [0, 0.1) is 0 Å². The van der Waals surface area contributed by atoms with Crippen LogP contribution in [0.3, 0.4) is 0 Å². The molecule has 0 radical (unpaired) electrons. The maximum atomic E-state index is 14.6. The molecule has 35 heavy (non-hydrogen) atoms. The van der Waals surface area contributed by atoms with Crippen molar-refractivity contribution in [3.8, 4) is 11.5 Å². The van der Waals surface area contributed by atoms with Gasteiger partial charge < -0.3 is 15.1 Å². The van der Waals surface area contributed by atoms with E-state index in [0.717, 1.165) is 26.8 Å². The van der Waals surface area contributed by atoms with Crippen LogP contribution in [0.1, 0.15) is 69.4 Å². The number of phenolic OH excluding ortho intramolecular Hbond substituents is 2. The summed E-state index contributed by atoms with van der Waals surface area (Å²) in [5.41, 5.74) is 2.85. The van der Waals surface area contributed by atoms with Gasteiger partial charge in [0, 0.05) is 33.4 Å². The van der Waals surface area contributed by atoms with E-state index in [-0.39, 0.29) is 28.2 Å². The summed E-state index contributed by atoms with van der Waals surface area (Å²) in [6.07, 6.45) is 0. The summed E-state index contributed by atoms with van der Waals surface area (Å²) in [5.74, 6) is -0.0749. The van der Waals surface area contributed by atoms with Crippen LogP contribution in [0.25, 0.3) is 0 Å². The second-order valence-electron chi connectivity index (χ2n) is 11.4. The van der Waals surface area contributed by atoms with Gasteiger partial charge in [0.1, 0.15) is 16.9 Å². The number of aromatic hydroxyl groups is 2. The number of carbonyl (C=O) groups is 1. The highest BCUT2D eigenvalue weighted by atomic mass is 127. The van der Waals surface area contributed by atoms with Crippen LogP contribution in [-0.2, 0) is 21.0 Å². The van der Waals surface area contributed by atoms with E-state index in [9.17, 15) is 15.0 Å². The Kier molecular flexibility index (Phi) is 6.45. The smallest absolute Gasteiger partial charge is 0.247 e. The number of rotatable bonds is 4. The van der Waals surface area contributed by atoms with Crippen LogP contribution < -0.4 is 4.90 Å². The molecule has 0 bridgehead atoms. The monoisotopic (exact) mass is 583 g/mol. The molecule has 0 unspecified atom stereocenters. The quantitative estimate of drug-likeness (QED) is 0.262. The van der Waals surface area contributed by atoms with E-state index in [1.807, 2.05) is 48.5 Å². The number of hydrogen-bond acceptors (Lipinski definition) is 3. The predicted molar refractivity (Wildman–Crippen MR) is 151 cm³/mol. The van der Waals surface area contributed by atoms with Crippen molar-refractivity contribution in [2.45, 2.75) is 57.8 Å². The predicted octanol–water partition coefficient (Wildman–Crippen LogP) is 6.81. The molecule has 0 fully saturated rings. The number of amides is 1. The molecule has 0 saturated heterocycles. The minimum atomic E-state index is -1.38. The number of fused-ring (bicyclic) bond motifs is 1. The molecular formula is C30H34INO3. The largest absolute Gasteiger partial charge is 0.508 e. The van der Waals surface area contributed by atoms with E-state index >= 15 is 0 Å². The lowest BCUT2D eigenvalue weighted by Gasteiger charge is -2.34. The van der Waals surface area contributed by atoms with Gasteiger partial charge in [-0.25, -0.2) is 0 Å². The molecular weight excluding hydrogens is 549 g/mol. The summed E-state index contributed by atoms with van der Waals surface area (Å²) in [5, 5.41) is 22.6. The summed E-state index contributed by atoms with van der Waals surface area (Å²) in [4.78, 5) is 16.4. The average molecular weight is 584 g/mol. The first-order valence-electron chi connectivity index (χ1n) is 12.0. The maximum absolute atomic E-state index is 14.6. The van der Waals surface area contributed by atoms with Crippen molar-refractivity contribution in [2.24, 2.45) is 0 Å². The molecule has 0 saturated carbocycles. The topological polar surface area (TPSA) is 60.8 Å². The third-order valence-corrected chi connectivity index (χ3v) is 7.49. The van der Waals surface area contributed by atoms with Crippen molar-refractivity contribution in [3.05, 3.63) is 88.5 Å². The summed E-state index contributed by atoms with van der Waals surface area (Å²) in [7, 11) is 0. The molecule has 1 heterocycles. The second kappa shape index (κ2) is 8.84. The van der Waals surface area contributed by atoms with Gasteiger partial charge in [-0.2, -0.15) is 0 Å². The Morgan fingerprint density at radius 3 is 1.71 bits per heavy atom. The van der Waals surface area contributed by atoms with Crippen LogP contribution in [-0.4, -0.2) is 27.1 Å². The summed E-state index contributed by atoms with van der Waals surface area (Å²) < 4.78 is 0.760.